The number of hydrogen-bond donors (Lipinski definition) is 2. The van der Waals surface area contributed by atoms with Crippen LogP contribution in [-0.2, 0) is 4.74 Å². The van der Waals surface area contributed by atoms with E-state index in [4.69, 9.17) is 10.5 Å². The van der Waals surface area contributed by atoms with Gasteiger partial charge in [-0.2, -0.15) is 0 Å². The lowest BCUT2D eigenvalue weighted by molar-refractivity contribution is 0.0952. The lowest BCUT2D eigenvalue weighted by atomic mass is 10.2. The molecule has 1 heterocycles. The maximum absolute atomic E-state index is 11.8. The number of nitrogens with two attached hydrogens (primary N) is 1. The zero-order chi connectivity index (χ0) is 13.2. The van der Waals surface area contributed by atoms with Gasteiger partial charge in [0, 0.05) is 25.6 Å². The number of hydrogen-bond acceptors (Lipinski definition) is 4. The molecular weight excluding hydrogens is 248 g/mol. The molecule has 0 unspecified atom stereocenters. The highest BCUT2D eigenvalue weighted by Crippen LogP contribution is 2.13. The van der Waals surface area contributed by atoms with Gasteiger partial charge in [0.25, 0.3) is 5.91 Å². The van der Waals surface area contributed by atoms with Crippen LogP contribution in [0.1, 0.15) is 28.1 Å². The molecule has 0 aliphatic heterocycles. The molecule has 4 nitrogen and oxygen atoms in total. The van der Waals surface area contributed by atoms with Gasteiger partial charge >= 0.3 is 0 Å². The van der Waals surface area contributed by atoms with E-state index in [0.717, 1.165) is 24.3 Å². The van der Waals surface area contributed by atoms with Crippen molar-refractivity contribution in [1.29, 1.82) is 0 Å². The van der Waals surface area contributed by atoms with Crippen LogP contribution in [-0.4, -0.2) is 32.7 Å². The number of carbonyl (C=O) groups is 1. The Labute approximate surface area is 112 Å². The first-order valence-corrected chi connectivity index (χ1v) is 6.70. The molecule has 0 saturated carbocycles. The number of methoxy groups -OCH3 is 1. The quantitative estimate of drug-likeness (QED) is 0.601. The van der Waals surface area contributed by atoms with E-state index >= 15 is 0 Å². The van der Waals surface area contributed by atoms with Gasteiger partial charge in [-0.1, -0.05) is 11.8 Å². The molecule has 1 rings (SSSR count). The van der Waals surface area contributed by atoms with Crippen molar-refractivity contribution in [3.8, 4) is 11.8 Å². The largest absolute Gasteiger partial charge is 0.385 e. The van der Waals surface area contributed by atoms with Gasteiger partial charge in [-0.3, -0.25) is 4.79 Å². The number of rotatable bonds is 6. The van der Waals surface area contributed by atoms with Gasteiger partial charge in [0.2, 0.25) is 0 Å². The molecule has 0 radical (unpaired) electrons. The van der Waals surface area contributed by atoms with E-state index in [2.05, 4.69) is 17.2 Å². The predicted molar refractivity (Wildman–Crippen MR) is 73.7 cm³/mol. The van der Waals surface area contributed by atoms with Crippen LogP contribution >= 0.6 is 11.3 Å². The minimum absolute atomic E-state index is 0.0514. The standard InChI is InChI=1S/C13H18N2O2S/c1-17-8-3-2-7-15-13(16)11-9-12(18-10-11)5-4-6-14/h9-10H,2-3,6-8,14H2,1H3,(H,15,16). The number of unbranched alkanes of at least 4 members (excludes halogenated alkanes) is 1. The molecule has 1 aromatic heterocycles. The van der Waals surface area contributed by atoms with Crippen LogP contribution in [0, 0.1) is 11.8 Å². The van der Waals surface area contributed by atoms with Crippen molar-refractivity contribution in [3.05, 3.63) is 21.9 Å². The van der Waals surface area contributed by atoms with E-state index in [9.17, 15) is 4.79 Å². The van der Waals surface area contributed by atoms with Crippen LogP contribution in [0.3, 0.4) is 0 Å². The van der Waals surface area contributed by atoms with Crippen LogP contribution in [0.5, 0.6) is 0 Å². The molecule has 0 aromatic carbocycles. The van der Waals surface area contributed by atoms with E-state index in [1.54, 1.807) is 13.2 Å². The summed E-state index contributed by atoms with van der Waals surface area (Å²) in [5.41, 5.74) is 5.95. The minimum Gasteiger partial charge on any atom is -0.385 e. The van der Waals surface area contributed by atoms with E-state index in [1.807, 2.05) is 5.38 Å². The second kappa shape index (κ2) is 8.70. The summed E-state index contributed by atoms with van der Waals surface area (Å²) in [5.74, 6) is 5.62. The zero-order valence-corrected chi connectivity index (χ0v) is 11.3. The monoisotopic (exact) mass is 266 g/mol. The second-order valence-corrected chi connectivity index (χ2v) is 4.57. The maximum atomic E-state index is 11.8. The molecule has 3 N–H and O–H groups in total. The molecule has 1 aromatic rings. The Kier molecular flexibility index (Phi) is 7.11. The van der Waals surface area contributed by atoms with Crippen molar-refractivity contribution in [2.45, 2.75) is 12.8 Å². The Morgan fingerprint density at radius 3 is 3.11 bits per heavy atom. The highest BCUT2D eigenvalue weighted by Gasteiger charge is 2.06. The van der Waals surface area contributed by atoms with E-state index in [-0.39, 0.29) is 5.91 Å². The summed E-state index contributed by atoms with van der Waals surface area (Å²) in [5, 5.41) is 4.68. The molecule has 0 spiro atoms. The Bertz CT molecular complexity index is 432. The normalized spacial score (nSPS) is 9.67. The Morgan fingerprint density at radius 2 is 2.39 bits per heavy atom. The molecule has 98 valence electrons. The van der Waals surface area contributed by atoms with Gasteiger partial charge in [0.05, 0.1) is 17.0 Å². The van der Waals surface area contributed by atoms with E-state index < -0.39 is 0 Å². The van der Waals surface area contributed by atoms with Gasteiger partial charge < -0.3 is 15.8 Å². The number of ether oxygens (including phenoxy) is 1. The van der Waals surface area contributed by atoms with Crippen LogP contribution in [0.15, 0.2) is 11.4 Å². The van der Waals surface area contributed by atoms with Crippen molar-refractivity contribution in [3.63, 3.8) is 0 Å². The van der Waals surface area contributed by atoms with Crippen molar-refractivity contribution in [1.82, 2.24) is 5.32 Å². The van der Waals surface area contributed by atoms with Gasteiger partial charge in [0.1, 0.15) is 0 Å². The van der Waals surface area contributed by atoms with Gasteiger partial charge in [-0.05, 0) is 18.9 Å². The molecular formula is C13H18N2O2S. The summed E-state index contributed by atoms with van der Waals surface area (Å²) < 4.78 is 4.94. The number of amides is 1. The molecule has 5 heteroatoms. The predicted octanol–water partition coefficient (Wildman–Crippen LogP) is 1.21. The smallest absolute Gasteiger partial charge is 0.252 e. The first-order valence-electron chi connectivity index (χ1n) is 5.82. The highest BCUT2D eigenvalue weighted by atomic mass is 32.1. The molecule has 0 fully saturated rings. The van der Waals surface area contributed by atoms with Crippen molar-refractivity contribution < 1.29 is 9.53 Å². The first kappa shape index (κ1) is 14.7. The summed E-state index contributed by atoms with van der Waals surface area (Å²) >= 11 is 1.46. The Morgan fingerprint density at radius 1 is 1.56 bits per heavy atom. The van der Waals surface area contributed by atoms with Crippen LogP contribution < -0.4 is 11.1 Å². The van der Waals surface area contributed by atoms with Crippen molar-refractivity contribution in [2.75, 3.05) is 26.8 Å². The third-order valence-electron chi connectivity index (χ3n) is 2.24. The molecule has 18 heavy (non-hydrogen) atoms. The molecule has 0 aliphatic rings. The van der Waals surface area contributed by atoms with Gasteiger partial charge in [0.15, 0.2) is 0 Å². The van der Waals surface area contributed by atoms with Crippen LogP contribution in [0.2, 0.25) is 0 Å². The molecule has 0 bridgehead atoms. The summed E-state index contributed by atoms with van der Waals surface area (Å²) in [7, 11) is 1.67. The average Bonchev–Trinajstić information content (AvgIpc) is 2.84. The lowest BCUT2D eigenvalue weighted by Crippen LogP contribution is -2.24. The molecule has 0 saturated heterocycles. The number of carbonyl (C=O) groups excluding carboxylic acids is 1. The third-order valence-corrected chi connectivity index (χ3v) is 3.08. The summed E-state index contributed by atoms with van der Waals surface area (Å²) in [6, 6.07) is 1.79. The summed E-state index contributed by atoms with van der Waals surface area (Å²) in [6.45, 7) is 1.73. The Balaban J connectivity index is 2.35. The number of nitrogens with one attached hydrogen (secondary N) is 1. The summed E-state index contributed by atoms with van der Waals surface area (Å²) in [4.78, 5) is 12.6. The van der Waals surface area contributed by atoms with Gasteiger partial charge in [-0.15, -0.1) is 11.3 Å². The van der Waals surface area contributed by atoms with Crippen molar-refractivity contribution in [2.24, 2.45) is 5.73 Å². The molecule has 1 amide bonds. The molecule has 0 aliphatic carbocycles. The fourth-order valence-corrected chi connectivity index (χ4v) is 2.09. The van der Waals surface area contributed by atoms with Gasteiger partial charge in [-0.25, -0.2) is 0 Å². The number of thiophene rings is 1. The summed E-state index contributed by atoms with van der Waals surface area (Å²) in [6.07, 6.45) is 1.87. The lowest BCUT2D eigenvalue weighted by Gasteiger charge is -2.02. The Hall–Kier alpha value is -1.35. The highest BCUT2D eigenvalue weighted by molar-refractivity contribution is 7.10. The van der Waals surface area contributed by atoms with E-state index in [1.165, 1.54) is 11.3 Å². The third kappa shape index (κ3) is 5.32. The SMILES string of the molecule is COCCCCNC(=O)c1csc(C#CCN)c1. The van der Waals surface area contributed by atoms with E-state index in [0.29, 0.717) is 18.7 Å². The average molecular weight is 266 g/mol. The molecule has 0 atom stereocenters. The topological polar surface area (TPSA) is 64.3 Å². The van der Waals surface area contributed by atoms with Crippen LogP contribution in [0.25, 0.3) is 0 Å². The fraction of sp³-hybridized carbons (Fsp3) is 0.462. The fourth-order valence-electron chi connectivity index (χ4n) is 1.33. The minimum atomic E-state index is -0.0514. The maximum Gasteiger partial charge on any atom is 0.252 e. The second-order valence-electron chi connectivity index (χ2n) is 3.66. The first-order chi connectivity index (χ1) is 8.77. The zero-order valence-electron chi connectivity index (χ0n) is 10.5. The van der Waals surface area contributed by atoms with Crippen LogP contribution in [0.4, 0.5) is 0 Å². The van der Waals surface area contributed by atoms with Crippen molar-refractivity contribution >= 4 is 17.2 Å².